The highest BCUT2D eigenvalue weighted by Crippen LogP contribution is 2.66. The van der Waals surface area contributed by atoms with Crippen molar-refractivity contribution >= 4 is 90.8 Å². The van der Waals surface area contributed by atoms with Crippen LogP contribution in [0.15, 0.2) is 66.2 Å². The zero-order chi connectivity index (χ0) is 30.6. The number of rotatable bonds is 3. The molecule has 1 N–H and O–H groups in total. The lowest BCUT2D eigenvalue weighted by molar-refractivity contribution is -0.138. The lowest BCUT2D eigenvalue weighted by atomic mass is 9.56. The molecule has 2 aliphatic carbocycles. The molecule has 2 saturated heterocycles. The minimum Gasteiger partial charge on any atom is -0.507 e. The molecule has 220 valence electrons. The molecule has 0 bridgehead atoms. The summed E-state index contributed by atoms with van der Waals surface area (Å²) >= 11 is 24.3. The van der Waals surface area contributed by atoms with Gasteiger partial charge < -0.3 is 5.11 Å². The second-order valence-electron chi connectivity index (χ2n) is 11.7. The van der Waals surface area contributed by atoms with Gasteiger partial charge in [-0.15, -0.1) is 23.2 Å². The van der Waals surface area contributed by atoms with Gasteiger partial charge in [0.15, 0.2) is 9.75 Å². The normalized spacial score (nSPS) is 31.8. The number of imide groups is 2. The quantitative estimate of drug-likeness (QED) is 0.147. The Morgan fingerprint density at radius 2 is 1.67 bits per heavy atom. The molecule has 1 saturated carbocycles. The molecule has 0 radical (unpaired) electrons. The molecular formula is C32H24BrCl3N2O5. The summed E-state index contributed by atoms with van der Waals surface area (Å²) in [5, 5.41) is 12.3. The standard InChI is InChI=1S/C32H24BrCl3N2O5/c1-15-6-7-16(12-23(15)34)38-27(40)21-9-8-20-22(25(21)28(38)41)13-31(35)29(42)37(14-33)30(43)32(31,36)26(20)19-10-11-24(39)18-5-3-2-4-17(18)19/h2-8,10-12,21-22,25-26,39H,9,13-14H2,1H3/t21-,22+,25-,26-,31+,32-/m0/s1. The Balaban J connectivity index is 1.43. The zero-order valence-electron chi connectivity index (χ0n) is 22.7. The van der Waals surface area contributed by atoms with Crippen LogP contribution >= 0.6 is 50.7 Å². The number of amides is 4. The van der Waals surface area contributed by atoms with Gasteiger partial charge in [0.2, 0.25) is 11.8 Å². The van der Waals surface area contributed by atoms with Gasteiger partial charge in [0.1, 0.15) is 5.75 Å². The predicted molar refractivity (Wildman–Crippen MR) is 168 cm³/mol. The summed E-state index contributed by atoms with van der Waals surface area (Å²) in [4.78, 5) is 54.3. The molecule has 11 heteroatoms. The summed E-state index contributed by atoms with van der Waals surface area (Å²) in [7, 11) is 0. The summed E-state index contributed by atoms with van der Waals surface area (Å²) < 4.78 is 0. The topological polar surface area (TPSA) is 95.0 Å². The number of hydrogen-bond acceptors (Lipinski definition) is 5. The van der Waals surface area contributed by atoms with Gasteiger partial charge in [-0.2, -0.15) is 0 Å². The van der Waals surface area contributed by atoms with E-state index in [1.54, 1.807) is 36.4 Å². The third-order valence-corrected chi connectivity index (χ3v) is 12.0. The van der Waals surface area contributed by atoms with E-state index < -0.39 is 51.1 Å². The third-order valence-electron chi connectivity index (χ3n) is 9.67. The first-order chi connectivity index (χ1) is 20.5. The maximum Gasteiger partial charge on any atom is 0.254 e. The van der Waals surface area contributed by atoms with Crippen LogP contribution in [0.1, 0.15) is 29.9 Å². The molecule has 0 aromatic heterocycles. The van der Waals surface area contributed by atoms with Crippen LogP contribution in [0.2, 0.25) is 5.02 Å². The molecule has 6 atom stereocenters. The van der Waals surface area contributed by atoms with Gasteiger partial charge in [0, 0.05) is 16.3 Å². The van der Waals surface area contributed by atoms with E-state index in [0.717, 1.165) is 10.5 Å². The molecular weight excluding hydrogens is 679 g/mol. The van der Waals surface area contributed by atoms with Gasteiger partial charge in [-0.25, -0.2) is 4.90 Å². The lowest BCUT2D eigenvalue weighted by Gasteiger charge is -2.51. The molecule has 43 heavy (non-hydrogen) atoms. The monoisotopic (exact) mass is 700 g/mol. The van der Waals surface area contributed by atoms with Crippen LogP contribution in [0.4, 0.5) is 5.69 Å². The van der Waals surface area contributed by atoms with Crippen LogP contribution in [0.3, 0.4) is 0 Å². The van der Waals surface area contributed by atoms with Crippen LogP contribution in [-0.2, 0) is 19.2 Å². The van der Waals surface area contributed by atoms with E-state index in [4.69, 9.17) is 34.8 Å². The number of benzene rings is 3. The fourth-order valence-electron chi connectivity index (χ4n) is 7.63. The Morgan fingerprint density at radius 3 is 2.37 bits per heavy atom. The van der Waals surface area contributed by atoms with Crippen molar-refractivity contribution in [2.75, 3.05) is 10.4 Å². The number of alkyl halides is 3. The van der Waals surface area contributed by atoms with Crippen molar-refractivity contribution in [1.29, 1.82) is 0 Å². The molecule has 3 aromatic rings. The van der Waals surface area contributed by atoms with Gasteiger partial charge in [-0.05, 0) is 60.4 Å². The van der Waals surface area contributed by atoms with Gasteiger partial charge in [-0.3, -0.25) is 24.1 Å². The van der Waals surface area contributed by atoms with Gasteiger partial charge >= 0.3 is 0 Å². The van der Waals surface area contributed by atoms with E-state index in [1.165, 1.54) is 11.0 Å². The first-order valence-corrected chi connectivity index (χ1v) is 16.1. The number of aromatic hydroxyl groups is 1. The Hall–Kier alpha value is -2.91. The van der Waals surface area contributed by atoms with Gasteiger partial charge in [-0.1, -0.05) is 75.6 Å². The summed E-state index contributed by atoms with van der Waals surface area (Å²) in [5.41, 5.74) is 2.37. The summed E-state index contributed by atoms with van der Waals surface area (Å²) in [5.74, 6) is -5.09. The summed E-state index contributed by atoms with van der Waals surface area (Å²) in [6.07, 6.45) is 2.04. The number of phenolic OH excluding ortho intramolecular Hbond substituents is 1. The number of likely N-dealkylation sites (tertiary alicyclic amines) is 1. The molecule has 3 fully saturated rings. The molecule has 0 unspecified atom stereocenters. The SMILES string of the molecule is Cc1ccc(N2C(=O)[C@H]3[C@H](CC=C4[C@H]3C[C@@]3(Cl)C(=O)N(CBr)C(=O)[C@@]3(Cl)[C@H]4c3ccc(O)c4ccccc34)C2=O)cc1Cl. The molecule has 7 nitrogen and oxygen atoms in total. The maximum absolute atomic E-state index is 14.2. The van der Waals surface area contributed by atoms with Crippen LogP contribution < -0.4 is 4.90 Å². The van der Waals surface area contributed by atoms with Crippen molar-refractivity contribution in [3.8, 4) is 5.75 Å². The highest BCUT2D eigenvalue weighted by atomic mass is 79.9. The zero-order valence-corrected chi connectivity index (χ0v) is 26.5. The van der Waals surface area contributed by atoms with E-state index in [9.17, 15) is 24.3 Å². The fraction of sp³-hybridized carbons (Fsp3) is 0.312. The molecule has 2 aliphatic heterocycles. The van der Waals surface area contributed by atoms with Crippen LogP contribution in [0, 0.1) is 24.7 Å². The summed E-state index contributed by atoms with van der Waals surface area (Å²) in [6, 6.07) is 15.4. The molecule has 4 aliphatic rings. The van der Waals surface area contributed by atoms with Crippen LogP contribution in [0.25, 0.3) is 10.8 Å². The Bertz CT molecular complexity index is 1830. The van der Waals surface area contributed by atoms with Gasteiger partial charge in [0.05, 0.1) is 23.0 Å². The van der Waals surface area contributed by atoms with E-state index in [2.05, 4.69) is 15.9 Å². The maximum atomic E-state index is 14.2. The number of halogens is 4. The Kier molecular flexibility index (Phi) is 6.57. The smallest absolute Gasteiger partial charge is 0.254 e. The third kappa shape index (κ3) is 3.67. The van der Waals surface area contributed by atoms with Crippen LogP contribution in [-0.4, -0.2) is 48.8 Å². The van der Waals surface area contributed by atoms with Crippen molar-refractivity contribution in [2.45, 2.75) is 35.4 Å². The molecule has 0 spiro atoms. The number of fused-ring (bicyclic) bond motifs is 5. The number of anilines is 1. The van der Waals surface area contributed by atoms with Crippen molar-refractivity contribution in [3.05, 3.63) is 82.4 Å². The highest BCUT2D eigenvalue weighted by Gasteiger charge is 2.76. The first-order valence-electron chi connectivity index (χ1n) is 13.8. The molecule has 4 amide bonds. The average Bonchev–Trinajstić information content (AvgIpc) is 3.33. The number of carbonyl (C=O) groups is 4. The second-order valence-corrected chi connectivity index (χ2v) is 13.8. The predicted octanol–water partition coefficient (Wildman–Crippen LogP) is 6.42. The van der Waals surface area contributed by atoms with Crippen molar-refractivity contribution in [2.24, 2.45) is 17.8 Å². The van der Waals surface area contributed by atoms with E-state index in [0.29, 0.717) is 32.6 Å². The fourth-order valence-corrected chi connectivity index (χ4v) is 9.22. The van der Waals surface area contributed by atoms with Crippen molar-refractivity contribution < 1.29 is 24.3 Å². The molecule has 3 aromatic carbocycles. The number of hydrogen-bond donors (Lipinski definition) is 1. The van der Waals surface area contributed by atoms with Gasteiger partial charge in [0.25, 0.3) is 11.8 Å². The highest BCUT2D eigenvalue weighted by molar-refractivity contribution is 9.09. The van der Waals surface area contributed by atoms with Crippen molar-refractivity contribution in [3.63, 3.8) is 0 Å². The molecule has 7 rings (SSSR count). The number of allylic oxidation sites excluding steroid dienone is 2. The first kappa shape index (κ1) is 28.8. The van der Waals surface area contributed by atoms with E-state index in [-0.39, 0.29) is 30.0 Å². The minimum absolute atomic E-state index is 0.0463. The Labute approximate surface area is 270 Å². The number of nitrogens with zero attached hydrogens (tertiary/aromatic N) is 2. The second kappa shape index (κ2) is 9.80. The number of aryl methyl sites for hydroxylation is 1. The average molecular weight is 703 g/mol. The van der Waals surface area contributed by atoms with E-state index >= 15 is 0 Å². The van der Waals surface area contributed by atoms with E-state index in [1.807, 2.05) is 25.1 Å². The van der Waals surface area contributed by atoms with Crippen LogP contribution in [0.5, 0.6) is 5.75 Å². The lowest BCUT2D eigenvalue weighted by Crippen LogP contribution is -2.60. The summed E-state index contributed by atoms with van der Waals surface area (Å²) in [6.45, 7) is 1.83. The van der Waals surface area contributed by atoms with Crippen molar-refractivity contribution in [1.82, 2.24) is 4.90 Å². The largest absolute Gasteiger partial charge is 0.507 e. The number of phenols is 1. The number of carbonyl (C=O) groups excluding carboxylic acids is 4. The molecule has 2 heterocycles. The Morgan fingerprint density at radius 1 is 0.953 bits per heavy atom. The minimum atomic E-state index is -1.93.